The van der Waals surface area contributed by atoms with E-state index in [4.69, 9.17) is 10.5 Å². The van der Waals surface area contributed by atoms with Gasteiger partial charge < -0.3 is 36.0 Å². The first kappa shape index (κ1) is 42.5. The van der Waals surface area contributed by atoms with Crippen molar-refractivity contribution in [1.82, 2.24) is 35.6 Å². The maximum Gasteiger partial charge on any atom is 0.302 e. The number of nitrogens with one attached hydrogen (secondary N) is 2. The molecule has 16 heteroatoms. The number of phenols is 1. The fraction of sp³-hybridized carbons (Fsp3) is 0.439. The number of likely N-dealkylation sites (tertiary alicyclic amines) is 1. The number of para-hydroxylation sites is 1. The van der Waals surface area contributed by atoms with Gasteiger partial charge in [-0.3, -0.25) is 24.1 Å². The van der Waals surface area contributed by atoms with Crippen molar-refractivity contribution < 1.29 is 29.0 Å². The van der Waals surface area contributed by atoms with Gasteiger partial charge in [0, 0.05) is 51.6 Å². The summed E-state index contributed by atoms with van der Waals surface area (Å²) in [6, 6.07) is 14.7. The average Bonchev–Trinajstić information content (AvgIpc) is 3.79. The number of benzene rings is 2. The van der Waals surface area contributed by atoms with Gasteiger partial charge in [0.1, 0.15) is 23.9 Å². The number of nitrogen functional groups attached to an aromatic ring is 1. The van der Waals surface area contributed by atoms with Crippen LogP contribution in [0.1, 0.15) is 52.8 Å². The minimum atomic E-state index is -0.957. The Hall–Kier alpha value is -5.61. The number of nitrogens with two attached hydrogens (primary N) is 1. The molecule has 2 aliphatic rings. The van der Waals surface area contributed by atoms with E-state index in [0.29, 0.717) is 43.1 Å². The van der Waals surface area contributed by atoms with Crippen LogP contribution in [0.25, 0.3) is 21.7 Å². The summed E-state index contributed by atoms with van der Waals surface area (Å²) < 4.78 is 5.48. The van der Waals surface area contributed by atoms with Crippen LogP contribution in [0.2, 0.25) is 0 Å². The molecule has 57 heavy (non-hydrogen) atoms. The molecule has 6 rings (SSSR count). The van der Waals surface area contributed by atoms with Crippen LogP contribution in [0.3, 0.4) is 0 Å². The monoisotopic (exact) mass is 799 g/mol. The molecule has 4 heterocycles. The molecule has 3 amide bonds. The molecule has 5 N–H and O–H groups in total. The number of ether oxygens (including phenoxy) is 1. The predicted octanol–water partition coefficient (Wildman–Crippen LogP) is 4.00. The molecule has 304 valence electrons. The number of rotatable bonds is 11. The van der Waals surface area contributed by atoms with Gasteiger partial charge in [0.2, 0.25) is 17.7 Å². The lowest BCUT2D eigenvalue weighted by molar-refractivity contribution is -0.147. The standard InChI is InChI=1S/C40H49N9O6S.CH4/c1-24-35(56-23-43-24)27-12-10-26(11-13-27)20-42-38(53)32-18-28(55-25(2)50)21-49(32)39(54)36(40(3,4)5)44-34(52)22-47-14-16-48(17-15-47)31-19-30(45-46-37(31)41)29-8-6-7-9-33(29)51;/h6-13,19,23,28,32,36,51H,14-18,20-22H2,1-5H3,(H2,41,46)(H,42,53)(H,44,52);1H4/t28-,32+,36-;/m1./s1. The molecule has 0 saturated carbocycles. The lowest BCUT2D eigenvalue weighted by Gasteiger charge is -2.37. The van der Waals surface area contributed by atoms with Crippen LogP contribution in [-0.4, -0.2) is 111 Å². The highest BCUT2D eigenvalue weighted by molar-refractivity contribution is 7.13. The molecule has 0 bridgehead atoms. The number of amides is 3. The van der Waals surface area contributed by atoms with Crippen molar-refractivity contribution in [1.29, 1.82) is 0 Å². The zero-order valence-electron chi connectivity index (χ0n) is 32.3. The van der Waals surface area contributed by atoms with Gasteiger partial charge in [-0.15, -0.1) is 21.5 Å². The fourth-order valence-corrected chi connectivity index (χ4v) is 7.92. The second kappa shape index (κ2) is 18.1. The number of carbonyl (C=O) groups is 4. The largest absolute Gasteiger partial charge is 0.507 e. The van der Waals surface area contributed by atoms with Crippen molar-refractivity contribution in [3.63, 3.8) is 0 Å². The molecule has 15 nitrogen and oxygen atoms in total. The molecule has 2 aliphatic heterocycles. The number of aryl methyl sites for hydroxylation is 1. The number of aromatic hydroxyl groups is 1. The van der Waals surface area contributed by atoms with E-state index in [1.807, 2.05) is 68.4 Å². The number of hydrogen-bond donors (Lipinski definition) is 4. The third-order valence-corrected chi connectivity index (χ3v) is 11.1. The SMILES string of the molecule is C.CC(=O)O[C@@H]1C[C@@H](C(=O)NCc2ccc(-c3scnc3C)cc2)N(C(=O)[C@@H](NC(=O)CN2CCN(c3cc(-c4ccccc4O)nnc3N)CC2)C(C)(C)C)C1. The summed E-state index contributed by atoms with van der Waals surface area (Å²) in [5, 5.41) is 24.6. The lowest BCUT2D eigenvalue weighted by atomic mass is 9.85. The van der Waals surface area contributed by atoms with Crippen molar-refractivity contribution in [2.75, 3.05) is 49.9 Å². The smallest absolute Gasteiger partial charge is 0.302 e. The van der Waals surface area contributed by atoms with Crippen molar-refractivity contribution in [2.45, 2.75) is 73.2 Å². The van der Waals surface area contributed by atoms with E-state index >= 15 is 0 Å². The number of nitrogens with zero attached hydrogens (tertiary/aromatic N) is 6. The van der Waals surface area contributed by atoms with E-state index in [9.17, 15) is 24.3 Å². The number of esters is 1. The molecule has 2 aromatic heterocycles. The van der Waals surface area contributed by atoms with E-state index < -0.39 is 35.5 Å². The number of anilines is 2. The van der Waals surface area contributed by atoms with Gasteiger partial charge in [-0.1, -0.05) is 64.6 Å². The highest BCUT2D eigenvalue weighted by atomic mass is 32.1. The Kier molecular flexibility index (Phi) is 13.5. The number of piperazine rings is 1. The highest BCUT2D eigenvalue weighted by Crippen LogP contribution is 2.32. The zero-order valence-corrected chi connectivity index (χ0v) is 33.1. The van der Waals surface area contributed by atoms with Gasteiger partial charge in [0.25, 0.3) is 0 Å². The van der Waals surface area contributed by atoms with Gasteiger partial charge in [-0.05, 0) is 41.7 Å². The first-order chi connectivity index (χ1) is 26.7. The molecule has 0 spiro atoms. The molecular formula is C41H53N9O6S. The molecule has 0 radical (unpaired) electrons. The normalized spacial score (nSPS) is 17.7. The summed E-state index contributed by atoms with van der Waals surface area (Å²) in [6.45, 7) is 11.4. The maximum atomic E-state index is 14.3. The molecular weight excluding hydrogens is 747 g/mol. The highest BCUT2D eigenvalue weighted by Gasteiger charge is 2.46. The van der Waals surface area contributed by atoms with E-state index in [1.54, 1.807) is 35.6 Å². The Morgan fingerprint density at radius 1 is 1.04 bits per heavy atom. The van der Waals surface area contributed by atoms with Crippen LogP contribution in [-0.2, 0) is 30.5 Å². The first-order valence-electron chi connectivity index (χ1n) is 18.6. The quantitative estimate of drug-likeness (QED) is 0.160. The molecule has 2 fully saturated rings. The van der Waals surface area contributed by atoms with E-state index in [0.717, 1.165) is 21.7 Å². The molecule has 3 atom stereocenters. The zero-order chi connectivity index (χ0) is 40.1. The number of hydrogen-bond acceptors (Lipinski definition) is 13. The van der Waals surface area contributed by atoms with Crippen molar-refractivity contribution in [2.24, 2.45) is 5.41 Å². The second-order valence-electron chi connectivity index (χ2n) is 15.3. The van der Waals surface area contributed by atoms with Gasteiger partial charge in [-0.25, -0.2) is 4.98 Å². The molecule has 2 saturated heterocycles. The van der Waals surface area contributed by atoms with Crippen LogP contribution in [0, 0.1) is 12.3 Å². The minimum absolute atomic E-state index is 0. The summed E-state index contributed by atoms with van der Waals surface area (Å²) in [7, 11) is 0. The van der Waals surface area contributed by atoms with E-state index in [1.165, 1.54) is 11.8 Å². The molecule has 4 aromatic rings. The first-order valence-corrected chi connectivity index (χ1v) is 19.5. The lowest BCUT2D eigenvalue weighted by Crippen LogP contribution is -2.59. The minimum Gasteiger partial charge on any atom is -0.507 e. The summed E-state index contributed by atoms with van der Waals surface area (Å²) in [5.74, 6) is -1.26. The maximum absolute atomic E-state index is 14.3. The van der Waals surface area contributed by atoms with Crippen molar-refractivity contribution in [3.8, 4) is 27.4 Å². The summed E-state index contributed by atoms with van der Waals surface area (Å²) in [4.78, 5) is 64.4. The Morgan fingerprint density at radius 3 is 2.37 bits per heavy atom. The number of thiazole rings is 1. The van der Waals surface area contributed by atoms with Gasteiger partial charge >= 0.3 is 5.97 Å². The number of phenolic OH excluding ortho intramolecular Hbond substituents is 1. The Bertz CT molecular complexity index is 2060. The van der Waals surface area contributed by atoms with Crippen LogP contribution < -0.4 is 21.3 Å². The topological polar surface area (TPSA) is 196 Å². The van der Waals surface area contributed by atoms with Crippen molar-refractivity contribution in [3.05, 3.63) is 71.4 Å². The Morgan fingerprint density at radius 2 is 1.74 bits per heavy atom. The van der Waals surface area contributed by atoms with Crippen molar-refractivity contribution >= 4 is 46.5 Å². The van der Waals surface area contributed by atoms with Crippen LogP contribution in [0.4, 0.5) is 11.5 Å². The van der Waals surface area contributed by atoms with Gasteiger partial charge in [0.15, 0.2) is 5.82 Å². The molecule has 0 unspecified atom stereocenters. The van der Waals surface area contributed by atoms with Gasteiger partial charge in [-0.2, -0.15) is 0 Å². The summed E-state index contributed by atoms with van der Waals surface area (Å²) >= 11 is 1.57. The average molecular weight is 800 g/mol. The number of carbonyl (C=O) groups excluding carboxylic acids is 4. The van der Waals surface area contributed by atoms with Crippen LogP contribution in [0.5, 0.6) is 5.75 Å². The van der Waals surface area contributed by atoms with E-state index in [-0.39, 0.29) is 56.9 Å². The summed E-state index contributed by atoms with van der Waals surface area (Å²) in [6.07, 6.45) is -0.526. The third kappa shape index (κ3) is 10.2. The Labute approximate surface area is 337 Å². The Balaban J connectivity index is 0.00000620. The second-order valence-corrected chi connectivity index (χ2v) is 16.2. The predicted molar refractivity (Wildman–Crippen MR) is 220 cm³/mol. The van der Waals surface area contributed by atoms with Crippen LogP contribution >= 0.6 is 11.3 Å². The number of aromatic nitrogens is 3. The van der Waals surface area contributed by atoms with Gasteiger partial charge in [0.05, 0.1) is 40.6 Å². The molecule has 0 aliphatic carbocycles. The summed E-state index contributed by atoms with van der Waals surface area (Å²) in [5.41, 5.74) is 11.9. The third-order valence-electron chi connectivity index (χ3n) is 10.1. The fourth-order valence-electron chi connectivity index (χ4n) is 7.11. The van der Waals surface area contributed by atoms with E-state index in [2.05, 4.69) is 30.7 Å². The molecule has 2 aromatic carbocycles. The van der Waals surface area contributed by atoms with Crippen LogP contribution in [0.15, 0.2) is 60.1 Å².